The van der Waals surface area contributed by atoms with Crippen LogP contribution in [0.2, 0.25) is 0 Å². The molecule has 23 heavy (non-hydrogen) atoms. The molecular weight excluding hydrogens is 319 g/mol. The topological polar surface area (TPSA) is 76.7 Å². The van der Waals surface area contributed by atoms with E-state index in [4.69, 9.17) is 4.74 Å². The Balaban J connectivity index is 2.26. The average molecular weight is 337 g/mol. The number of halogens is 3. The number of aromatic nitrogens is 2. The highest BCUT2D eigenvalue weighted by Crippen LogP contribution is 2.26. The smallest absolute Gasteiger partial charge is 0.410 e. The van der Waals surface area contributed by atoms with Gasteiger partial charge in [0.1, 0.15) is 17.8 Å². The third-order valence-electron chi connectivity index (χ3n) is 3.22. The van der Waals surface area contributed by atoms with Crippen molar-refractivity contribution < 1.29 is 27.8 Å². The molecule has 0 radical (unpaired) electrons. The molecule has 1 aromatic rings. The van der Waals surface area contributed by atoms with Crippen LogP contribution in [0.25, 0.3) is 0 Å². The Morgan fingerprint density at radius 1 is 1.26 bits per heavy atom. The van der Waals surface area contributed by atoms with Gasteiger partial charge in [-0.25, -0.2) is 9.59 Å². The van der Waals surface area contributed by atoms with Crippen LogP contribution in [0, 0.1) is 0 Å². The predicted octanol–water partition coefficient (Wildman–Crippen LogP) is 1.67. The highest BCUT2D eigenvalue weighted by molar-refractivity contribution is 5.68. The Kier molecular flexibility index (Phi) is 4.12. The molecule has 130 valence electrons. The molecule has 0 aromatic carbocycles. The maximum atomic E-state index is 12.5. The molecule has 0 saturated heterocycles. The van der Waals surface area contributed by atoms with Crippen molar-refractivity contribution in [2.24, 2.45) is 0 Å². The second kappa shape index (κ2) is 5.50. The number of hydrogen-bond donors (Lipinski definition) is 1. The molecule has 1 amide bonds. The van der Waals surface area contributed by atoms with Crippen molar-refractivity contribution >= 4 is 6.09 Å². The largest absolute Gasteiger partial charge is 0.493 e. The Hall–Kier alpha value is -2.13. The third-order valence-corrected chi connectivity index (χ3v) is 3.22. The quantitative estimate of drug-likeness (QED) is 0.846. The van der Waals surface area contributed by atoms with Gasteiger partial charge in [0.25, 0.3) is 0 Å². The number of amides is 1. The molecule has 1 aromatic heterocycles. The minimum atomic E-state index is -4.64. The molecule has 0 spiro atoms. The first-order chi connectivity index (χ1) is 10.4. The maximum Gasteiger partial charge on any atom is 0.410 e. The third kappa shape index (κ3) is 3.80. The van der Waals surface area contributed by atoms with Crippen LogP contribution in [-0.2, 0) is 24.4 Å². The summed E-state index contributed by atoms with van der Waals surface area (Å²) in [5, 5.41) is 9.91. The molecule has 2 rings (SSSR count). The summed E-state index contributed by atoms with van der Waals surface area (Å²) in [6.07, 6.45) is -5.29. The summed E-state index contributed by atoms with van der Waals surface area (Å²) in [4.78, 5) is 25.2. The van der Waals surface area contributed by atoms with E-state index >= 15 is 0 Å². The number of rotatable bonds is 1. The second-order valence-corrected chi connectivity index (χ2v) is 6.31. The van der Waals surface area contributed by atoms with E-state index < -0.39 is 36.0 Å². The number of hydrogen-bond acceptors (Lipinski definition) is 4. The number of alkyl halides is 3. The van der Waals surface area contributed by atoms with E-state index in [2.05, 4.69) is 0 Å². The van der Waals surface area contributed by atoms with Gasteiger partial charge in [-0.3, -0.25) is 9.13 Å². The van der Waals surface area contributed by atoms with E-state index in [1.165, 1.54) is 4.90 Å². The van der Waals surface area contributed by atoms with Crippen LogP contribution in [0.5, 0.6) is 5.88 Å². The van der Waals surface area contributed by atoms with Gasteiger partial charge >= 0.3 is 18.0 Å². The van der Waals surface area contributed by atoms with Crippen molar-refractivity contribution in [3.05, 3.63) is 16.2 Å². The Morgan fingerprint density at radius 2 is 1.87 bits per heavy atom. The number of nitrogens with zero attached hydrogens (tertiary/aromatic N) is 3. The highest BCUT2D eigenvalue weighted by atomic mass is 19.4. The van der Waals surface area contributed by atoms with Gasteiger partial charge in [0, 0.05) is 13.1 Å². The first-order valence-electron chi connectivity index (χ1n) is 6.95. The molecular formula is C13H18F3N3O4. The van der Waals surface area contributed by atoms with Crippen molar-refractivity contribution in [1.29, 1.82) is 0 Å². The first-order valence-corrected chi connectivity index (χ1v) is 6.95. The van der Waals surface area contributed by atoms with Gasteiger partial charge in [0.2, 0.25) is 5.88 Å². The van der Waals surface area contributed by atoms with Crippen molar-refractivity contribution in [3.8, 4) is 5.88 Å². The van der Waals surface area contributed by atoms with Gasteiger partial charge in [0.05, 0.1) is 6.54 Å². The number of aromatic hydroxyl groups is 1. The van der Waals surface area contributed by atoms with Gasteiger partial charge < -0.3 is 14.7 Å². The van der Waals surface area contributed by atoms with Gasteiger partial charge in [0.15, 0.2) is 0 Å². The number of ether oxygens (including phenoxy) is 1. The normalized spacial score (nSPS) is 15.5. The molecule has 1 aliphatic rings. The zero-order valence-corrected chi connectivity index (χ0v) is 13.0. The lowest BCUT2D eigenvalue weighted by molar-refractivity contribution is -0.142. The van der Waals surface area contributed by atoms with Crippen LogP contribution in [0.3, 0.4) is 0 Å². The summed E-state index contributed by atoms with van der Waals surface area (Å²) in [5.74, 6) is -0.777. The SMILES string of the molecule is CC(C)(C)OC(=O)N1CCn2c(c(O)n(CC(F)(F)F)c2=O)C1. The van der Waals surface area contributed by atoms with Crippen LogP contribution in [0.1, 0.15) is 26.5 Å². The van der Waals surface area contributed by atoms with E-state index in [9.17, 15) is 27.9 Å². The lowest BCUT2D eigenvalue weighted by atomic mass is 10.2. The lowest BCUT2D eigenvalue weighted by Crippen LogP contribution is -2.43. The van der Waals surface area contributed by atoms with Crippen molar-refractivity contribution in [1.82, 2.24) is 14.0 Å². The van der Waals surface area contributed by atoms with Crippen LogP contribution in [0.4, 0.5) is 18.0 Å². The van der Waals surface area contributed by atoms with Crippen LogP contribution >= 0.6 is 0 Å². The summed E-state index contributed by atoms with van der Waals surface area (Å²) in [7, 11) is 0. The fourth-order valence-corrected chi connectivity index (χ4v) is 2.30. The van der Waals surface area contributed by atoms with E-state index in [1.54, 1.807) is 20.8 Å². The molecule has 1 aliphatic heterocycles. The van der Waals surface area contributed by atoms with Gasteiger partial charge in [-0.15, -0.1) is 0 Å². The zero-order valence-electron chi connectivity index (χ0n) is 13.0. The number of carbonyl (C=O) groups is 1. The molecule has 0 unspecified atom stereocenters. The highest BCUT2D eigenvalue weighted by Gasteiger charge is 2.35. The van der Waals surface area contributed by atoms with Crippen molar-refractivity contribution in [2.45, 2.75) is 52.2 Å². The number of imidazole rings is 1. The maximum absolute atomic E-state index is 12.5. The van der Waals surface area contributed by atoms with Crippen molar-refractivity contribution in [2.75, 3.05) is 6.54 Å². The average Bonchev–Trinajstić information content (AvgIpc) is 2.60. The minimum Gasteiger partial charge on any atom is -0.493 e. The molecule has 7 nitrogen and oxygen atoms in total. The summed E-state index contributed by atoms with van der Waals surface area (Å²) in [6, 6.07) is 0. The lowest BCUT2D eigenvalue weighted by Gasteiger charge is -2.30. The molecule has 0 fully saturated rings. The first kappa shape index (κ1) is 17.2. The minimum absolute atomic E-state index is 0.00811. The number of carbonyl (C=O) groups excluding carboxylic acids is 1. The van der Waals surface area contributed by atoms with E-state index in [-0.39, 0.29) is 29.9 Å². The van der Waals surface area contributed by atoms with Crippen LogP contribution < -0.4 is 5.69 Å². The second-order valence-electron chi connectivity index (χ2n) is 6.31. The van der Waals surface area contributed by atoms with Gasteiger partial charge in [-0.05, 0) is 20.8 Å². The van der Waals surface area contributed by atoms with E-state index in [0.29, 0.717) is 0 Å². The Morgan fingerprint density at radius 3 is 2.39 bits per heavy atom. The fraction of sp³-hybridized carbons (Fsp3) is 0.692. The fourth-order valence-electron chi connectivity index (χ4n) is 2.30. The van der Waals surface area contributed by atoms with Gasteiger partial charge in [-0.1, -0.05) is 0 Å². The molecule has 0 aliphatic carbocycles. The molecule has 10 heteroatoms. The molecule has 0 bridgehead atoms. The molecule has 1 N–H and O–H groups in total. The predicted molar refractivity (Wildman–Crippen MR) is 73.1 cm³/mol. The summed E-state index contributed by atoms with van der Waals surface area (Å²) >= 11 is 0. The Labute approximate surface area is 129 Å². The standard InChI is InChI=1S/C13H18F3N3O4/c1-12(2,3)23-11(22)17-4-5-18-8(6-17)9(20)19(10(18)21)7-13(14,15)16/h20H,4-7H2,1-3H3. The Bertz CT molecular complexity index is 670. The number of fused-ring (bicyclic) bond motifs is 1. The van der Waals surface area contributed by atoms with Crippen LogP contribution in [-0.4, -0.2) is 43.6 Å². The van der Waals surface area contributed by atoms with Crippen LogP contribution in [0.15, 0.2) is 4.79 Å². The van der Waals surface area contributed by atoms with Crippen molar-refractivity contribution in [3.63, 3.8) is 0 Å². The molecule has 0 saturated carbocycles. The van der Waals surface area contributed by atoms with E-state index in [0.717, 1.165) is 4.57 Å². The zero-order chi connectivity index (χ0) is 17.6. The van der Waals surface area contributed by atoms with Gasteiger partial charge in [-0.2, -0.15) is 13.2 Å². The summed E-state index contributed by atoms with van der Waals surface area (Å²) in [5.41, 5.74) is -1.70. The molecule has 2 heterocycles. The van der Waals surface area contributed by atoms with E-state index in [1.807, 2.05) is 0 Å². The molecule has 0 atom stereocenters. The monoisotopic (exact) mass is 337 g/mol. The summed E-state index contributed by atoms with van der Waals surface area (Å²) in [6.45, 7) is 3.38. The summed E-state index contributed by atoms with van der Waals surface area (Å²) < 4.78 is 44.0.